The summed E-state index contributed by atoms with van der Waals surface area (Å²) in [5.41, 5.74) is -0.0318. The Morgan fingerprint density at radius 3 is 2.48 bits per heavy atom. The van der Waals surface area contributed by atoms with Gasteiger partial charge in [-0.1, -0.05) is 6.92 Å². The third-order valence-electron chi connectivity index (χ3n) is 4.89. The van der Waals surface area contributed by atoms with Crippen LogP contribution in [-0.4, -0.2) is 36.8 Å². The van der Waals surface area contributed by atoms with Crippen LogP contribution in [0.3, 0.4) is 0 Å². The van der Waals surface area contributed by atoms with Gasteiger partial charge in [0.2, 0.25) is 0 Å². The highest BCUT2D eigenvalue weighted by atomic mass is 16.5. The monoisotopic (exact) mass is 377 g/mol. The maximum Gasteiger partial charge on any atom is 0.341 e. The molecule has 2 atom stereocenters. The van der Waals surface area contributed by atoms with Crippen molar-refractivity contribution in [2.24, 2.45) is 5.92 Å². The maximum atomic E-state index is 12.8. The zero-order valence-electron chi connectivity index (χ0n) is 17.0. The van der Waals surface area contributed by atoms with E-state index < -0.39 is 11.6 Å². The molecule has 1 aromatic carbocycles. The average Bonchev–Trinajstić information content (AvgIpc) is 3.48. The summed E-state index contributed by atoms with van der Waals surface area (Å²) in [4.78, 5) is 25.2. The summed E-state index contributed by atoms with van der Waals surface area (Å²) in [7, 11) is 0. The van der Waals surface area contributed by atoms with Crippen LogP contribution < -0.4 is 10.1 Å². The molecule has 0 unspecified atom stereocenters. The summed E-state index contributed by atoms with van der Waals surface area (Å²) in [6.07, 6.45) is 2.75. The van der Waals surface area contributed by atoms with E-state index in [0.29, 0.717) is 23.6 Å². The van der Waals surface area contributed by atoms with Crippen LogP contribution >= 0.6 is 0 Å². The third kappa shape index (κ3) is 5.22. The van der Waals surface area contributed by atoms with Crippen molar-refractivity contribution in [1.82, 2.24) is 0 Å². The Bertz CT molecular complexity index is 671. The normalized spacial score (nSPS) is 16.9. The molecule has 0 aliphatic heterocycles. The van der Waals surface area contributed by atoms with Gasteiger partial charge in [0.05, 0.1) is 12.7 Å². The summed E-state index contributed by atoms with van der Waals surface area (Å²) < 4.78 is 16.7. The highest BCUT2D eigenvalue weighted by Crippen LogP contribution is 2.42. The van der Waals surface area contributed by atoms with Gasteiger partial charge in [0.25, 0.3) is 5.91 Å². The number of carbonyl (C=O) groups is 2. The SMILES string of the molecule is CCOC(=O)c1cc(NC(=O)[C@](C)(OCC)C2CC2)ccc1O[C@H](C)CC. The van der Waals surface area contributed by atoms with Crippen LogP contribution in [0.2, 0.25) is 0 Å². The van der Waals surface area contributed by atoms with Crippen molar-refractivity contribution in [3.8, 4) is 5.75 Å². The Balaban J connectivity index is 2.25. The van der Waals surface area contributed by atoms with Gasteiger partial charge in [-0.25, -0.2) is 4.79 Å². The summed E-state index contributed by atoms with van der Waals surface area (Å²) in [5, 5.41) is 2.89. The number of ether oxygens (including phenoxy) is 3. The Morgan fingerprint density at radius 1 is 1.22 bits per heavy atom. The lowest BCUT2D eigenvalue weighted by Gasteiger charge is -2.28. The standard InChI is InChI=1S/C21H31NO5/c1-6-14(4)27-18-12-11-16(13-17(18)19(23)25-7-2)22-20(24)21(5,26-8-3)15-9-10-15/h11-15H,6-10H2,1-5H3,(H,22,24)/t14-,21-/m1/s1. The molecule has 2 rings (SSSR count). The molecule has 6 nitrogen and oxygen atoms in total. The second kappa shape index (κ2) is 9.22. The summed E-state index contributed by atoms with van der Waals surface area (Å²) >= 11 is 0. The number of nitrogens with one attached hydrogen (secondary N) is 1. The Hall–Kier alpha value is -2.08. The van der Waals surface area contributed by atoms with Crippen LogP contribution in [0.1, 0.15) is 64.2 Å². The zero-order valence-corrected chi connectivity index (χ0v) is 17.0. The van der Waals surface area contributed by atoms with E-state index >= 15 is 0 Å². The van der Waals surface area contributed by atoms with Gasteiger partial charge in [0.15, 0.2) is 0 Å². The molecule has 0 heterocycles. The highest BCUT2D eigenvalue weighted by molar-refractivity contribution is 6.00. The molecule has 1 amide bonds. The molecular formula is C21H31NO5. The number of benzene rings is 1. The minimum atomic E-state index is -0.856. The molecule has 0 aromatic heterocycles. The van der Waals surface area contributed by atoms with Crippen LogP contribution in [0.25, 0.3) is 0 Å². The lowest BCUT2D eigenvalue weighted by Crippen LogP contribution is -2.44. The van der Waals surface area contributed by atoms with Crippen molar-refractivity contribution >= 4 is 17.6 Å². The fraction of sp³-hybridized carbons (Fsp3) is 0.619. The number of amides is 1. The van der Waals surface area contributed by atoms with E-state index in [9.17, 15) is 9.59 Å². The van der Waals surface area contributed by atoms with Gasteiger partial charge in [-0.05, 0) is 71.1 Å². The Morgan fingerprint density at radius 2 is 1.93 bits per heavy atom. The molecule has 1 aromatic rings. The van der Waals surface area contributed by atoms with E-state index in [1.54, 1.807) is 25.1 Å². The van der Waals surface area contributed by atoms with Crippen molar-refractivity contribution in [2.45, 2.75) is 65.6 Å². The van der Waals surface area contributed by atoms with Crippen molar-refractivity contribution < 1.29 is 23.8 Å². The van der Waals surface area contributed by atoms with Crippen LogP contribution in [0.4, 0.5) is 5.69 Å². The molecule has 1 aliphatic rings. The largest absolute Gasteiger partial charge is 0.490 e. The van der Waals surface area contributed by atoms with E-state index in [1.807, 2.05) is 27.7 Å². The van der Waals surface area contributed by atoms with Crippen molar-refractivity contribution in [3.63, 3.8) is 0 Å². The molecular weight excluding hydrogens is 346 g/mol. The van der Waals surface area contributed by atoms with Gasteiger partial charge in [-0.3, -0.25) is 4.79 Å². The number of hydrogen-bond donors (Lipinski definition) is 1. The highest BCUT2D eigenvalue weighted by Gasteiger charge is 2.48. The van der Waals surface area contributed by atoms with Crippen molar-refractivity contribution in [1.29, 1.82) is 0 Å². The molecule has 1 saturated carbocycles. The van der Waals surface area contributed by atoms with Crippen LogP contribution in [-0.2, 0) is 14.3 Å². The molecule has 1 aliphatic carbocycles. The molecule has 0 saturated heterocycles. The van der Waals surface area contributed by atoms with E-state index in [4.69, 9.17) is 14.2 Å². The lowest BCUT2D eigenvalue weighted by atomic mass is 9.98. The van der Waals surface area contributed by atoms with Crippen LogP contribution in [0.5, 0.6) is 5.75 Å². The van der Waals surface area contributed by atoms with Crippen molar-refractivity contribution in [2.75, 3.05) is 18.5 Å². The third-order valence-corrected chi connectivity index (χ3v) is 4.89. The first-order valence-electron chi connectivity index (χ1n) is 9.78. The maximum absolute atomic E-state index is 12.8. The van der Waals surface area contributed by atoms with Gasteiger partial charge in [0.1, 0.15) is 16.9 Å². The van der Waals surface area contributed by atoms with Crippen LogP contribution in [0, 0.1) is 5.92 Å². The molecule has 6 heteroatoms. The van der Waals surface area contributed by atoms with Crippen molar-refractivity contribution in [3.05, 3.63) is 23.8 Å². The molecule has 0 spiro atoms. The second-order valence-electron chi connectivity index (χ2n) is 7.04. The Labute approximate surface area is 161 Å². The average molecular weight is 377 g/mol. The number of anilines is 1. The fourth-order valence-electron chi connectivity index (χ4n) is 2.94. The zero-order chi connectivity index (χ0) is 20.0. The van der Waals surface area contributed by atoms with Gasteiger partial charge < -0.3 is 19.5 Å². The second-order valence-corrected chi connectivity index (χ2v) is 7.04. The van der Waals surface area contributed by atoms with E-state index in [-0.39, 0.29) is 24.5 Å². The summed E-state index contributed by atoms with van der Waals surface area (Å²) in [6.45, 7) is 10.1. The fourth-order valence-corrected chi connectivity index (χ4v) is 2.94. The molecule has 27 heavy (non-hydrogen) atoms. The number of esters is 1. The number of carbonyl (C=O) groups excluding carboxylic acids is 2. The van der Waals surface area contributed by atoms with E-state index in [2.05, 4.69) is 5.32 Å². The minimum absolute atomic E-state index is 0.0327. The van der Waals surface area contributed by atoms with Gasteiger partial charge in [-0.15, -0.1) is 0 Å². The molecule has 1 N–H and O–H groups in total. The first kappa shape index (κ1) is 21.2. The Kier molecular flexibility index (Phi) is 7.25. The summed E-state index contributed by atoms with van der Waals surface area (Å²) in [6, 6.07) is 5.04. The van der Waals surface area contributed by atoms with Gasteiger partial charge in [0, 0.05) is 12.3 Å². The quantitative estimate of drug-likeness (QED) is 0.619. The molecule has 150 valence electrons. The molecule has 0 radical (unpaired) electrons. The smallest absolute Gasteiger partial charge is 0.341 e. The first-order valence-corrected chi connectivity index (χ1v) is 9.78. The van der Waals surface area contributed by atoms with Gasteiger partial charge in [-0.2, -0.15) is 0 Å². The molecule has 0 bridgehead atoms. The first-order chi connectivity index (χ1) is 12.8. The van der Waals surface area contributed by atoms with Crippen LogP contribution in [0.15, 0.2) is 18.2 Å². The topological polar surface area (TPSA) is 73.9 Å². The predicted molar refractivity (Wildman–Crippen MR) is 104 cm³/mol. The predicted octanol–water partition coefficient (Wildman–Crippen LogP) is 4.18. The summed E-state index contributed by atoms with van der Waals surface area (Å²) in [5.74, 6) is 0.0180. The van der Waals surface area contributed by atoms with E-state index in [1.165, 1.54) is 0 Å². The number of hydrogen-bond acceptors (Lipinski definition) is 5. The van der Waals surface area contributed by atoms with E-state index in [0.717, 1.165) is 19.3 Å². The lowest BCUT2D eigenvalue weighted by molar-refractivity contribution is -0.141. The molecule has 1 fully saturated rings. The number of rotatable bonds is 10. The minimum Gasteiger partial charge on any atom is -0.490 e. The van der Waals surface area contributed by atoms with Gasteiger partial charge >= 0.3 is 5.97 Å².